The summed E-state index contributed by atoms with van der Waals surface area (Å²) in [4.78, 5) is 10.2. The van der Waals surface area contributed by atoms with Crippen molar-refractivity contribution in [2.24, 2.45) is 11.7 Å². The van der Waals surface area contributed by atoms with Crippen LogP contribution in [0.25, 0.3) is 0 Å². The van der Waals surface area contributed by atoms with Gasteiger partial charge in [0.15, 0.2) is 0 Å². The van der Waals surface area contributed by atoms with Crippen LogP contribution in [0.15, 0.2) is 23.1 Å². The summed E-state index contributed by atoms with van der Waals surface area (Å²) in [6.45, 7) is 2.05. The van der Waals surface area contributed by atoms with E-state index >= 15 is 0 Å². The maximum atomic E-state index is 12.5. The molecule has 1 aromatic carbocycles. The molecule has 2 atom stereocenters. The Bertz CT molecular complexity index is 645. The fraction of sp³-hybridized carbons (Fsp3) is 0.538. The summed E-state index contributed by atoms with van der Waals surface area (Å²) in [6, 6.07) is 3.65. The van der Waals surface area contributed by atoms with Crippen LogP contribution in [0.4, 0.5) is 5.69 Å². The van der Waals surface area contributed by atoms with Gasteiger partial charge in [-0.2, -0.15) is 0 Å². The first-order chi connectivity index (χ1) is 9.85. The summed E-state index contributed by atoms with van der Waals surface area (Å²) in [7, 11) is -3.78. The van der Waals surface area contributed by atoms with Crippen molar-refractivity contribution in [1.29, 1.82) is 0 Å². The van der Waals surface area contributed by atoms with Crippen LogP contribution in [-0.2, 0) is 10.0 Å². The molecule has 0 aliphatic heterocycles. The van der Waals surface area contributed by atoms with Crippen molar-refractivity contribution in [3.05, 3.63) is 33.9 Å². The van der Waals surface area contributed by atoms with Crippen LogP contribution in [0.5, 0.6) is 0 Å². The van der Waals surface area contributed by atoms with Crippen LogP contribution >= 0.6 is 0 Å². The summed E-state index contributed by atoms with van der Waals surface area (Å²) in [5, 5.41) is 10.8. The third-order valence-corrected chi connectivity index (χ3v) is 5.57. The Labute approximate surface area is 123 Å². The van der Waals surface area contributed by atoms with E-state index in [1.165, 1.54) is 12.1 Å². The molecule has 1 saturated carbocycles. The fourth-order valence-corrected chi connectivity index (χ4v) is 4.33. The molecule has 0 radical (unpaired) electrons. The Morgan fingerprint density at radius 1 is 1.43 bits per heavy atom. The van der Waals surface area contributed by atoms with Crippen molar-refractivity contribution in [1.82, 2.24) is 4.72 Å². The van der Waals surface area contributed by atoms with E-state index in [1.54, 1.807) is 6.92 Å². The molecular weight excluding hydrogens is 294 g/mol. The second kappa shape index (κ2) is 6.08. The molecule has 116 valence electrons. The molecule has 2 unspecified atom stereocenters. The van der Waals surface area contributed by atoms with Crippen molar-refractivity contribution in [2.45, 2.75) is 37.1 Å². The van der Waals surface area contributed by atoms with Crippen LogP contribution in [0.3, 0.4) is 0 Å². The first-order valence-corrected chi connectivity index (χ1v) is 8.31. The Morgan fingerprint density at radius 3 is 2.76 bits per heavy atom. The number of hydrogen-bond acceptors (Lipinski definition) is 5. The van der Waals surface area contributed by atoms with Crippen molar-refractivity contribution < 1.29 is 13.3 Å². The summed E-state index contributed by atoms with van der Waals surface area (Å²) in [6.07, 6.45) is 2.58. The number of aryl methyl sites for hydroxylation is 1. The summed E-state index contributed by atoms with van der Waals surface area (Å²) < 4.78 is 27.6. The second-order valence-electron chi connectivity index (χ2n) is 5.36. The Kier molecular flexibility index (Phi) is 4.60. The highest BCUT2D eigenvalue weighted by Crippen LogP contribution is 2.28. The van der Waals surface area contributed by atoms with E-state index in [4.69, 9.17) is 5.73 Å². The molecule has 1 aliphatic rings. The van der Waals surface area contributed by atoms with Crippen molar-refractivity contribution in [2.75, 3.05) is 6.54 Å². The van der Waals surface area contributed by atoms with Gasteiger partial charge in [0, 0.05) is 18.2 Å². The number of rotatable bonds is 5. The van der Waals surface area contributed by atoms with Gasteiger partial charge in [-0.25, -0.2) is 13.1 Å². The Balaban J connectivity index is 2.31. The predicted molar refractivity (Wildman–Crippen MR) is 78.3 cm³/mol. The highest BCUT2D eigenvalue weighted by molar-refractivity contribution is 7.89. The van der Waals surface area contributed by atoms with E-state index in [2.05, 4.69) is 4.72 Å². The smallest absolute Gasteiger partial charge is 0.270 e. The summed E-state index contributed by atoms with van der Waals surface area (Å²) in [5.74, 6) is 0.124. The number of benzene rings is 1. The molecule has 0 saturated heterocycles. The number of non-ortho nitro benzene ring substituents is 1. The van der Waals surface area contributed by atoms with Gasteiger partial charge in [-0.3, -0.25) is 10.1 Å². The molecular formula is C13H19N3O4S. The minimum atomic E-state index is -3.78. The van der Waals surface area contributed by atoms with Gasteiger partial charge in [-0.05, 0) is 37.8 Å². The van der Waals surface area contributed by atoms with Gasteiger partial charge in [-0.1, -0.05) is 12.5 Å². The maximum absolute atomic E-state index is 12.5. The third kappa shape index (κ3) is 3.39. The molecule has 1 aromatic rings. The number of sulfonamides is 1. The van der Waals surface area contributed by atoms with Gasteiger partial charge in [0.05, 0.1) is 9.82 Å². The van der Waals surface area contributed by atoms with Gasteiger partial charge < -0.3 is 5.73 Å². The van der Waals surface area contributed by atoms with Crippen LogP contribution in [-0.4, -0.2) is 25.9 Å². The molecule has 0 bridgehead atoms. The zero-order valence-corrected chi connectivity index (χ0v) is 12.6. The minimum Gasteiger partial charge on any atom is -0.330 e. The van der Waals surface area contributed by atoms with Crippen LogP contribution in [0.2, 0.25) is 0 Å². The fourth-order valence-electron chi connectivity index (χ4n) is 2.73. The van der Waals surface area contributed by atoms with Gasteiger partial charge in [0.2, 0.25) is 10.0 Å². The lowest BCUT2D eigenvalue weighted by atomic mass is 10.1. The maximum Gasteiger partial charge on any atom is 0.270 e. The summed E-state index contributed by atoms with van der Waals surface area (Å²) in [5.41, 5.74) is 5.90. The van der Waals surface area contributed by atoms with Crippen LogP contribution in [0.1, 0.15) is 24.8 Å². The van der Waals surface area contributed by atoms with E-state index < -0.39 is 14.9 Å². The van der Waals surface area contributed by atoms with Crippen molar-refractivity contribution in [3.63, 3.8) is 0 Å². The monoisotopic (exact) mass is 313 g/mol. The molecule has 2 rings (SSSR count). The lowest BCUT2D eigenvalue weighted by molar-refractivity contribution is -0.385. The summed E-state index contributed by atoms with van der Waals surface area (Å²) >= 11 is 0. The molecule has 7 nitrogen and oxygen atoms in total. The quantitative estimate of drug-likeness (QED) is 0.628. The van der Waals surface area contributed by atoms with Crippen LogP contribution < -0.4 is 10.5 Å². The van der Waals surface area contributed by atoms with Gasteiger partial charge in [0.25, 0.3) is 5.69 Å². The zero-order chi connectivity index (χ0) is 15.6. The van der Waals surface area contributed by atoms with Gasteiger partial charge in [0.1, 0.15) is 0 Å². The topological polar surface area (TPSA) is 115 Å². The SMILES string of the molecule is Cc1ccc([N+](=O)[O-])cc1S(=O)(=O)NC1CCCC1CN. The van der Waals surface area contributed by atoms with Crippen molar-refractivity contribution >= 4 is 15.7 Å². The van der Waals surface area contributed by atoms with E-state index in [1.807, 2.05) is 0 Å². The molecule has 21 heavy (non-hydrogen) atoms. The first-order valence-electron chi connectivity index (χ1n) is 6.82. The van der Waals surface area contributed by atoms with E-state index in [0.717, 1.165) is 25.3 Å². The van der Waals surface area contributed by atoms with E-state index in [9.17, 15) is 18.5 Å². The Hall–Kier alpha value is -1.51. The lowest BCUT2D eigenvalue weighted by Gasteiger charge is -2.20. The highest BCUT2D eigenvalue weighted by atomic mass is 32.2. The van der Waals surface area contributed by atoms with E-state index in [-0.39, 0.29) is 22.5 Å². The minimum absolute atomic E-state index is 0.0422. The molecule has 3 N–H and O–H groups in total. The number of nitro benzene ring substituents is 1. The first kappa shape index (κ1) is 15.9. The number of nitrogens with two attached hydrogens (primary N) is 1. The molecule has 1 fully saturated rings. The number of hydrogen-bond donors (Lipinski definition) is 2. The molecule has 0 spiro atoms. The molecule has 0 aromatic heterocycles. The number of nitro groups is 1. The highest BCUT2D eigenvalue weighted by Gasteiger charge is 2.31. The lowest BCUT2D eigenvalue weighted by Crippen LogP contribution is -2.40. The average Bonchev–Trinajstić information content (AvgIpc) is 2.85. The van der Waals surface area contributed by atoms with Crippen molar-refractivity contribution in [3.8, 4) is 0 Å². The van der Waals surface area contributed by atoms with Gasteiger partial charge >= 0.3 is 0 Å². The normalized spacial score (nSPS) is 22.4. The standard InChI is InChI=1S/C13H19N3O4S/c1-9-5-6-11(16(17)18)7-13(9)21(19,20)15-12-4-2-3-10(12)8-14/h5-7,10,12,15H,2-4,8,14H2,1H3. The molecule has 1 aliphatic carbocycles. The van der Waals surface area contributed by atoms with Gasteiger partial charge in [-0.15, -0.1) is 0 Å². The zero-order valence-electron chi connectivity index (χ0n) is 11.8. The molecule has 8 heteroatoms. The predicted octanol–water partition coefficient (Wildman–Crippen LogP) is 1.31. The number of nitrogens with one attached hydrogen (secondary N) is 1. The van der Waals surface area contributed by atoms with Crippen LogP contribution in [0, 0.1) is 23.0 Å². The largest absolute Gasteiger partial charge is 0.330 e. The third-order valence-electron chi connectivity index (χ3n) is 3.94. The molecule has 0 amide bonds. The average molecular weight is 313 g/mol. The second-order valence-corrected chi connectivity index (χ2v) is 7.04. The number of nitrogens with zero attached hydrogens (tertiary/aromatic N) is 1. The molecule has 0 heterocycles. The van der Waals surface area contributed by atoms with E-state index in [0.29, 0.717) is 12.1 Å². The Morgan fingerprint density at radius 2 is 2.14 bits per heavy atom.